The molecule has 0 spiro atoms. The van der Waals surface area contributed by atoms with Gasteiger partial charge in [0.05, 0.1) is 26.4 Å². The third-order valence-corrected chi connectivity index (χ3v) is 2.40. The van der Waals surface area contributed by atoms with Crippen LogP contribution in [0.1, 0.15) is 11.6 Å². The average Bonchev–Trinajstić information content (AvgIpc) is 2.37. The van der Waals surface area contributed by atoms with Crippen LogP contribution in [-0.2, 0) is 4.74 Å². The van der Waals surface area contributed by atoms with Gasteiger partial charge in [-0.05, 0) is 17.7 Å². The van der Waals surface area contributed by atoms with E-state index in [4.69, 9.17) is 14.6 Å². The number of benzene rings is 1. The summed E-state index contributed by atoms with van der Waals surface area (Å²) in [6, 6.07) is 3.59. The summed E-state index contributed by atoms with van der Waals surface area (Å²) in [7, 11) is 1.36. The highest BCUT2D eigenvalue weighted by Gasteiger charge is 2.16. The minimum Gasteiger partial charge on any atom is -0.494 e. The first-order valence-corrected chi connectivity index (χ1v) is 5.60. The van der Waals surface area contributed by atoms with Gasteiger partial charge in [-0.3, -0.25) is 0 Å². The van der Waals surface area contributed by atoms with Gasteiger partial charge in [0.25, 0.3) is 0 Å². The number of amides is 1. The Hall–Kier alpha value is -2.08. The summed E-state index contributed by atoms with van der Waals surface area (Å²) >= 11 is 0. The number of halogens is 1. The summed E-state index contributed by atoms with van der Waals surface area (Å²) in [5.74, 6) is -0.453. The van der Waals surface area contributed by atoms with Crippen molar-refractivity contribution in [2.45, 2.75) is 6.04 Å². The molecule has 0 saturated heterocycles. The standard InChI is InChI=1S/C13H16FNO4/c1-3-6-19-8-11(15-13(16)17)9-4-5-12(18-2)10(14)7-9/h3-5,7,11,15H,1,6,8H2,2H3,(H,16,17). The molecule has 0 aliphatic heterocycles. The first kappa shape index (κ1) is 15.0. The fourth-order valence-corrected chi connectivity index (χ4v) is 1.54. The van der Waals surface area contributed by atoms with Crippen LogP contribution in [0.4, 0.5) is 9.18 Å². The van der Waals surface area contributed by atoms with Crippen molar-refractivity contribution in [2.75, 3.05) is 20.3 Å². The highest BCUT2D eigenvalue weighted by atomic mass is 19.1. The van der Waals surface area contributed by atoms with E-state index in [-0.39, 0.29) is 19.0 Å². The van der Waals surface area contributed by atoms with E-state index >= 15 is 0 Å². The summed E-state index contributed by atoms with van der Waals surface area (Å²) in [5, 5.41) is 11.0. The van der Waals surface area contributed by atoms with Crippen LogP contribution in [0.15, 0.2) is 30.9 Å². The van der Waals surface area contributed by atoms with Crippen LogP contribution in [0, 0.1) is 5.82 Å². The lowest BCUT2D eigenvalue weighted by molar-refractivity contribution is 0.129. The topological polar surface area (TPSA) is 67.8 Å². The van der Waals surface area contributed by atoms with Crippen LogP contribution in [0.25, 0.3) is 0 Å². The van der Waals surface area contributed by atoms with Gasteiger partial charge in [-0.15, -0.1) is 6.58 Å². The lowest BCUT2D eigenvalue weighted by atomic mass is 10.1. The summed E-state index contributed by atoms with van der Waals surface area (Å²) in [6.45, 7) is 3.87. The molecular formula is C13H16FNO4. The Bertz CT molecular complexity index is 450. The van der Waals surface area contributed by atoms with Gasteiger partial charge in [0.1, 0.15) is 0 Å². The van der Waals surface area contributed by atoms with Gasteiger partial charge in [-0.2, -0.15) is 0 Å². The molecule has 5 nitrogen and oxygen atoms in total. The first-order chi connectivity index (χ1) is 9.08. The molecule has 0 radical (unpaired) electrons. The average molecular weight is 269 g/mol. The number of rotatable bonds is 7. The highest BCUT2D eigenvalue weighted by Crippen LogP contribution is 2.22. The predicted octanol–water partition coefficient (Wildman–Crippen LogP) is 2.35. The molecule has 0 saturated carbocycles. The Kier molecular flexibility index (Phi) is 5.81. The number of hydrogen-bond acceptors (Lipinski definition) is 3. The number of nitrogens with one attached hydrogen (secondary N) is 1. The zero-order valence-corrected chi connectivity index (χ0v) is 10.6. The summed E-state index contributed by atoms with van der Waals surface area (Å²) < 4.78 is 23.6. The van der Waals surface area contributed by atoms with Gasteiger partial charge in [0.2, 0.25) is 0 Å². The second-order valence-corrected chi connectivity index (χ2v) is 3.72. The van der Waals surface area contributed by atoms with Crippen LogP contribution in [-0.4, -0.2) is 31.5 Å². The molecule has 1 aromatic rings. The normalized spacial score (nSPS) is 11.7. The van der Waals surface area contributed by atoms with E-state index in [1.807, 2.05) is 0 Å². The Morgan fingerprint density at radius 2 is 2.37 bits per heavy atom. The third-order valence-electron chi connectivity index (χ3n) is 2.40. The van der Waals surface area contributed by atoms with Gasteiger partial charge in [0, 0.05) is 0 Å². The van der Waals surface area contributed by atoms with Crippen molar-refractivity contribution in [3.8, 4) is 5.75 Å². The number of hydrogen-bond donors (Lipinski definition) is 2. The van der Waals surface area contributed by atoms with E-state index in [0.717, 1.165) is 0 Å². The molecule has 0 aliphatic carbocycles. The number of methoxy groups -OCH3 is 1. The second-order valence-electron chi connectivity index (χ2n) is 3.72. The fraction of sp³-hybridized carbons (Fsp3) is 0.308. The smallest absolute Gasteiger partial charge is 0.405 e. The van der Waals surface area contributed by atoms with E-state index in [9.17, 15) is 9.18 Å². The fourth-order valence-electron chi connectivity index (χ4n) is 1.54. The van der Waals surface area contributed by atoms with E-state index in [0.29, 0.717) is 5.56 Å². The van der Waals surface area contributed by atoms with Crippen molar-refractivity contribution in [1.29, 1.82) is 0 Å². The van der Waals surface area contributed by atoms with Crippen molar-refractivity contribution in [3.63, 3.8) is 0 Å². The second kappa shape index (κ2) is 7.38. The maximum Gasteiger partial charge on any atom is 0.405 e. The zero-order chi connectivity index (χ0) is 14.3. The van der Waals surface area contributed by atoms with Crippen LogP contribution < -0.4 is 10.1 Å². The van der Waals surface area contributed by atoms with Gasteiger partial charge in [-0.25, -0.2) is 9.18 Å². The maximum absolute atomic E-state index is 13.6. The van der Waals surface area contributed by atoms with Crippen molar-refractivity contribution < 1.29 is 23.8 Å². The Morgan fingerprint density at radius 1 is 1.63 bits per heavy atom. The van der Waals surface area contributed by atoms with Gasteiger partial charge in [0.15, 0.2) is 11.6 Å². The molecule has 0 fully saturated rings. The van der Waals surface area contributed by atoms with E-state index in [1.165, 1.54) is 19.2 Å². The SMILES string of the molecule is C=CCOCC(NC(=O)O)c1ccc(OC)c(F)c1. The van der Waals surface area contributed by atoms with Gasteiger partial charge < -0.3 is 19.9 Å². The summed E-state index contributed by atoms with van der Waals surface area (Å²) in [5.41, 5.74) is 0.463. The van der Waals surface area contributed by atoms with E-state index in [1.54, 1.807) is 12.1 Å². The Labute approximate surface area is 110 Å². The minimum atomic E-state index is -1.21. The van der Waals surface area contributed by atoms with Crippen molar-refractivity contribution in [2.24, 2.45) is 0 Å². The monoisotopic (exact) mass is 269 g/mol. The van der Waals surface area contributed by atoms with Crippen molar-refractivity contribution in [3.05, 3.63) is 42.2 Å². The molecule has 1 rings (SSSR count). The van der Waals surface area contributed by atoms with E-state index in [2.05, 4.69) is 11.9 Å². The van der Waals surface area contributed by atoms with Crippen molar-refractivity contribution in [1.82, 2.24) is 5.32 Å². The van der Waals surface area contributed by atoms with Crippen LogP contribution in [0.2, 0.25) is 0 Å². The van der Waals surface area contributed by atoms with Crippen molar-refractivity contribution >= 4 is 6.09 Å². The quantitative estimate of drug-likeness (QED) is 0.589. The number of carboxylic acid groups (broad SMARTS) is 1. The summed E-state index contributed by atoms with van der Waals surface area (Å²) in [6.07, 6.45) is 0.343. The third kappa shape index (κ3) is 4.59. The zero-order valence-electron chi connectivity index (χ0n) is 10.6. The van der Waals surface area contributed by atoms with Crippen LogP contribution >= 0.6 is 0 Å². The lowest BCUT2D eigenvalue weighted by Gasteiger charge is -2.17. The number of carbonyl (C=O) groups is 1. The molecule has 1 aromatic carbocycles. The molecule has 0 aliphatic rings. The van der Waals surface area contributed by atoms with Gasteiger partial charge >= 0.3 is 6.09 Å². The largest absolute Gasteiger partial charge is 0.494 e. The highest BCUT2D eigenvalue weighted by molar-refractivity contribution is 5.65. The minimum absolute atomic E-state index is 0.0874. The maximum atomic E-state index is 13.6. The molecule has 2 N–H and O–H groups in total. The lowest BCUT2D eigenvalue weighted by Crippen LogP contribution is -2.30. The molecule has 0 heterocycles. The molecule has 1 unspecified atom stereocenters. The van der Waals surface area contributed by atoms with Crippen LogP contribution in [0.5, 0.6) is 5.75 Å². The molecule has 6 heteroatoms. The molecule has 0 aromatic heterocycles. The Balaban J connectivity index is 2.86. The molecule has 1 amide bonds. The molecule has 0 bridgehead atoms. The molecular weight excluding hydrogens is 253 g/mol. The first-order valence-electron chi connectivity index (χ1n) is 5.60. The van der Waals surface area contributed by atoms with E-state index < -0.39 is 18.0 Å². The predicted molar refractivity (Wildman–Crippen MR) is 67.9 cm³/mol. The molecule has 19 heavy (non-hydrogen) atoms. The number of ether oxygens (including phenoxy) is 2. The van der Waals surface area contributed by atoms with Crippen LogP contribution in [0.3, 0.4) is 0 Å². The molecule has 104 valence electrons. The Morgan fingerprint density at radius 3 is 2.89 bits per heavy atom. The summed E-state index contributed by atoms with van der Waals surface area (Å²) in [4.78, 5) is 10.7. The molecule has 1 atom stereocenters. The van der Waals surface area contributed by atoms with Gasteiger partial charge in [-0.1, -0.05) is 12.1 Å².